The highest BCUT2D eigenvalue weighted by atomic mass is 16.5. The van der Waals surface area contributed by atoms with Gasteiger partial charge in [0.15, 0.2) is 11.5 Å². The zero-order valence-electron chi connectivity index (χ0n) is 15.5. The number of hydrogen-bond acceptors (Lipinski definition) is 7. The first kappa shape index (κ1) is 16.4. The molecule has 8 nitrogen and oxygen atoms in total. The highest BCUT2D eigenvalue weighted by Crippen LogP contribution is 2.36. The molecule has 140 valence electrons. The van der Waals surface area contributed by atoms with E-state index in [1.165, 1.54) is 25.0 Å². The topological polar surface area (TPSA) is 81.3 Å². The summed E-state index contributed by atoms with van der Waals surface area (Å²) in [6.07, 6.45) is 7.56. The van der Waals surface area contributed by atoms with Crippen molar-refractivity contribution in [3.8, 4) is 5.88 Å². The van der Waals surface area contributed by atoms with Gasteiger partial charge in [-0.3, -0.25) is 0 Å². The summed E-state index contributed by atoms with van der Waals surface area (Å²) < 4.78 is 7.06. The Labute approximate surface area is 157 Å². The van der Waals surface area contributed by atoms with E-state index in [9.17, 15) is 0 Å². The van der Waals surface area contributed by atoms with Crippen molar-refractivity contribution in [3.63, 3.8) is 0 Å². The average Bonchev–Trinajstić information content (AvgIpc) is 3.10. The van der Waals surface area contributed by atoms with E-state index in [2.05, 4.69) is 36.2 Å². The van der Waals surface area contributed by atoms with Crippen molar-refractivity contribution in [1.29, 1.82) is 0 Å². The lowest BCUT2D eigenvalue weighted by Crippen LogP contribution is -2.34. The molecule has 2 aliphatic rings. The fraction of sp³-hybridized carbons (Fsp3) is 0.526. The second-order valence-corrected chi connectivity index (χ2v) is 7.39. The van der Waals surface area contributed by atoms with E-state index < -0.39 is 0 Å². The molecule has 0 amide bonds. The van der Waals surface area contributed by atoms with Gasteiger partial charge in [0, 0.05) is 42.8 Å². The van der Waals surface area contributed by atoms with Crippen molar-refractivity contribution in [1.82, 2.24) is 29.8 Å². The number of rotatable bonds is 4. The highest BCUT2D eigenvalue weighted by molar-refractivity contribution is 5.41. The molecule has 3 aromatic rings. The molecule has 0 N–H and O–H groups in total. The third kappa shape index (κ3) is 2.98. The van der Waals surface area contributed by atoms with E-state index in [0.29, 0.717) is 17.7 Å². The predicted molar refractivity (Wildman–Crippen MR) is 100 cm³/mol. The van der Waals surface area contributed by atoms with Crippen LogP contribution in [-0.4, -0.2) is 50.0 Å². The molecule has 1 saturated heterocycles. The molecule has 1 saturated carbocycles. The molecule has 0 spiro atoms. The first-order chi connectivity index (χ1) is 13.3. The maximum Gasteiger partial charge on any atom is 0.231 e. The number of aromatic nitrogens is 6. The van der Waals surface area contributed by atoms with Gasteiger partial charge in [-0.1, -0.05) is 6.42 Å². The zero-order valence-corrected chi connectivity index (χ0v) is 15.5. The third-order valence-corrected chi connectivity index (χ3v) is 5.85. The second kappa shape index (κ2) is 6.75. The quantitative estimate of drug-likeness (QED) is 0.703. The molecular formula is C19H23N7O. The SMILES string of the molecule is COc1ccc2nnc(C3CCN(c4cc(C5CCC5)ncn4)CC3)n2n1. The normalized spacial score (nSPS) is 18.6. The van der Waals surface area contributed by atoms with Crippen LogP contribution in [0.4, 0.5) is 5.82 Å². The van der Waals surface area contributed by atoms with Crippen molar-refractivity contribution in [2.75, 3.05) is 25.1 Å². The number of fused-ring (bicyclic) bond motifs is 1. The van der Waals surface area contributed by atoms with Crippen molar-refractivity contribution >= 4 is 11.5 Å². The lowest BCUT2D eigenvalue weighted by Gasteiger charge is -2.32. The van der Waals surface area contributed by atoms with Crippen LogP contribution in [-0.2, 0) is 0 Å². The minimum atomic E-state index is 0.337. The second-order valence-electron chi connectivity index (χ2n) is 7.39. The molecule has 0 bridgehead atoms. The van der Waals surface area contributed by atoms with Gasteiger partial charge in [0.05, 0.1) is 7.11 Å². The number of methoxy groups -OCH3 is 1. The monoisotopic (exact) mass is 365 g/mol. The van der Waals surface area contributed by atoms with Crippen LogP contribution in [0.25, 0.3) is 5.65 Å². The Hall–Kier alpha value is -2.77. The third-order valence-electron chi connectivity index (χ3n) is 5.85. The van der Waals surface area contributed by atoms with E-state index in [0.717, 1.165) is 43.2 Å². The fourth-order valence-corrected chi connectivity index (χ4v) is 3.98. The fourth-order valence-electron chi connectivity index (χ4n) is 3.98. The van der Waals surface area contributed by atoms with Crippen LogP contribution < -0.4 is 9.64 Å². The Morgan fingerprint density at radius 2 is 1.85 bits per heavy atom. The molecule has 8 heteroatoms. The number of hydrogen-bond donors (Lipinski definition) is 0. The van der Waals surface area contributed by atoms with E-state index in [1.54, 1.807) is 13.4 Å². The van der Waals surface area contributed by atoms with Crippen molar-refractivity contribution < 1.29 is 4.74 Å². The number of piperidine rings is 1. The summed E-state index contributed by atoms with van der Waals surface area (Å²) in [6.45, 7) is 1.90. The number of anilines is 1. The van der Waals surface area contributed by atoms with Gasteiger partial charge in [-0.25, -0.2) is 9.97 Å². The van der Waals surface area contributed by atoms with Gasteiger partial charge in [0.1, 0.15) is 12.1 Å². The molecule has 4 heterocycles. The van der Waals surface area contributed by atoms with Crippen LogP contribution >= 0.6 is 0 Å². The van der Waals surface area contributed by atoms with Crippen LogP contribution in [0.15, 0.2) is 24.5 Å². The Morgan fingerprint density at radius 3 is 2.59 bits per heavy atom. The Morgan fingerprint density at radius 1 is 1.00 bits per heavy atom. The van der Waals surface area contributed by atoms with Crippen LogP contribution in [0.2, 0.25) is 0 Å². The summed E-state index contributed by atoms with van der Waals surface area (Å²) >= 11 is 0. The van der Waals surface area contributed by atoms with Gasteiger partial charge in [0.25, 0.3) is 0 Å². The highest BCUT2D eigenvalue weighted by Gasteiger charge is 2.27. The molecule has 2 fully saturated rings. The van der Waals surface area contributed by atoms with Gasteiger partial charge in [0.2, 0.25) is 5.88 Å². The first-order valence-electron chi connectivity index (χ1n) is 9.65. The van der Waals surface area contributed by atoms with Crippen LogP contribution in [0.5, 0.6) is 5.88 Å². The Balaban J connectivity index is 1.32. The molecule has 0 radical (unpaired) electrons. The lowest BCUT2D eigenvalue weighted by atomic mass is 9.83. The van der Waals surface area contributed by atoms with E-state index >= 15 is 0 Å². The van der Waals surface area contributed by atoms with Gasteiger partial charge in [-0.15, -0.1) is 15.3 Å². The molecule has 5 rings (SSSR count). The van der Waals surface area contributed by atoms with Gasteiger partial charge >= 0.3 is 0 Å². The van der Waals surface area contributed by atoms with Gasteiger partial charge in [-0.05, 0) is 31.7 Å². The summed E-state index contributed by atoms with van der Waals surface area (Å²) in [7, 11) is 1.62. The van der Waals surface area contributed by atoms with Crippen molar-refractivity contribution in [3.05, 3.63) is 36.0 Å². The molecule has 3 aromatic heterocycles. The van der Waals surface area contributed by atoms with Gasteiger partial charge < -0.3 is 9.64 Å². The minimum Gasteiger partial charge on any atom is -0.480 e. The van der Waals surface area contributed by atoms with Crippen molar-refractivity contribution in [2.24, 2.45) is 0 Å². The van der Waals surface area contributed by atoms with Crippen LogP contribution in [0.1, 0.15) is 55.5 Å². The smallest absolute Gasteiger partial charge is 0.231 e. The summed E-state index contributed by atoms with van der Waals surface area (Å²) in [5.74, 6) is 3.51. The molecular weight excluding hydrogens is 342 g/mol. The molecule has 0 atom stereocenters. The number of ether oxygens (including phenoxy) is 1. The Kier molecular flexibility index (Phi) is 4.10. The van der Waals surface area contributed by atoms with Gasteiger partial charge in [-0.2, -0.15) is 4.52 Å². The van der Waals surface area contributed by atoms with E-state index in [-0.39, 0.29) is 0 Å². The maximum absolute atomic E-state index is 5.24. The molecule has 27 heavy (non-hydrogen) atoms. The van der Waals surface area contributed by atoms with Crippen LogP contribution in [0.3, 0.4) is 0 Å². The first-order valence-corrected chi connectivity index (χ1v) is 9.65. The molecule has 0 unspecified atom stereocenters. The van der Waals surface area contributed by atoms with Crippen LogP contribution in [0, 0.1) is 0 Å². The Bertz CT molecular complexity index is 944. The van der Waals surface area contributed by atoms with E-state index in [1.807, 2.05) is 16.6 Å². The lowest BCUT2D eigenvalue weighted by molar-refractivity contribution is 0.386. The number of nitrogens with zero attached hydrogens (tertiary/aromatic N) is 7. The predicted octanol–water partition coefficient (Wildman–Crippen LogP) is 2.57. The summed E-state index contributed by atoms with van der Waals surface area (Å²) in [6, 6.07) is 5.88. The zero-order chi connectivity index (χ0) is 18.2. The van der Waals surface area contributed by atoms with E-state index in [4.69, 9.17) is 4.74 Å². The largest absolute Gasteiger partial charge is 0.480 e. The summed E-state index contributed by atoms with van der Waals surface area (Å²) in [4.78, 5) is 11.4. The molecule has 1 aliphatic heterocycles. The summed E-state index contributed by atoms with van der Waals surface area (Å²) in [5, 5.41) is 13.1. The average molecular weight is 365 g/mol. The minimum absolute atomic E-state index is 0.337. The molecule has 0 aromatic carbocycles. The molecule has 1 aliphatic carbocycles. The van der Waals surface area contributed by atoms with Crippen molar-refractivity contribution in [2.45, 2.75) is 43.9 Å². The standard InChI is InChI=1S/C19H23N7O/c1-27-18-6-5-16-22-23-19(26(16)24-18)14-7-9-25(10-8-14)17-11-15(20-12-21-17)13-3-2-4-13/h5-6,11-14H,2-4,7-10H2,1H3. The summed E-state index contributed by atoms with van der Waals surface area (Å²) in [5.41, 5.74) is 1.96. The maximum atomic E-state index is 5.24.